The van der Waals surface area contributed by atoms with Crippen LogP contribution in [0.25, 0.3) is 10.8 Å². The highest BCUT2D eigenvalue weighted by molar-refractivity contribution is 5.93. The van der Waals surface area contributed by atoms with E-state index in [-0.39, 0.29) is 0 Å². The predicted molar refractivity (Wildman–Crippen MR) is 96.2 cm³/mol. The molecule has 22 heavy (non-hydrogen) atoms. The van der Waals surface area contributed by atoms with Crippen LogP contribution < -0.4 is 0 Å². The second kappa shape index (κ2) is 6.35. The summed E-state index contributed by atoms with van der Waals surface area (Å²) in [5, 5.41) is 2.50. The van der Waals surface area contributed by atoms with Crippen LogP contribution in [0.2, 0.25) is 0 Å². The first-order chi connectivity index (χ1) is 10.8. The van der Waals surface area contributed by atoms with Gasteiger partial charge in [-0.05, 0) is 66.1 Å². The second-order valence-corrected chi connectivity index (χ2v) is 5.22. The lowest BCUT2D eigenvalue weighted by Crippen LogP contribution is -1.87. The zero-order valence-electron chi connectivity index (χ0n) is 12.8. The minimum Gasteiger partial charge on any atom is -0.262 e. The summed E-state index contributed by atoms with van der Waals surface area (Å²) in [7, 11) is 0. The molecule has 3 aromatic rings. The summed E-state index contributed by atoms with van der Waals surface area (Å²) < 4.78 is 0. The number of aryl methyl sites for hydroxylation is 1. The highest BCUT2D eigenvalue weighted by atomic mass is 14.7. The summed E-state index contributed by atoms with van der Waals surface area (Å²) >= 11 is 0. The fraction of sp³-hybridized carbons (Fsp3) is 0.100. The van der Waals surface area contributed by atoms with Crippen LogP contribution in [0, 0.1) is 6.92 Å². The van der Waals surface area contributed by atoms with Crippen molar-refractivity contribution in [3.05, 3.63) is 71.8 Å². The van der Waals surface area contributed by atoms with Crippen molar-refractivity contribution in [2.45, 2.75) is 13.8 Å². The summed E-state index contributed by atoms with van der Waals surface area (Å²) in [5.41, 5.74) is 4.26. The maximum absolute atomic E-state index is 4.57. The van der Waals surface area contributed by atoms with E-state index in [9.17, 15) is 0 Å². The molecule has 0 radical (unpaired) electrons. The molecule has 0 aromatic heterocycles. The van der Waals surface area contributed by atoms with Crippen molar-refractivity contribution in [3.8, 4) is 0 Å². The number of benzene rings is 3. The van der Waals surface area contributed by atoms with Crippen LogP contribution in [0.1, 0.15) is 18.1 Å². The third-order valence-electron chi connectivity index (χ3n) is 3.61. The smallest absolute Gasteiger partial charge is 0.0631 e. The lowest BCUT2D eigenvalue weighted by Gasteiger charge is -2.04. The predicted octanol–water partition coefficient (Wildman–Crippen LogP) is 5.62. The van der Waals surface area contributed by atoms with Gasteiger partial charge in [0.1, 0.15) is 0 Å². The normalized spacial score (nSPS) is 11.7. The molecule has 2 heteroatoms. The summed E-state index contributed by atoms with van der Waals surface area (Å²) in [5.74, 6) is 0. The van der Waals surface area contributed by atoms with Gasteiger partial charge in [-0.3, -0.25) is 9.98 Å². The molecule has 0 aliphatic heterocycles. The Hall–Kier alpha value is -2.74. The molecule has 0 saturated heterocycles. The Labute approximate surface area is 130 Å². The number of fused-ring (bicyclic) bond motifs is 1. The topological polar surface area (TPSA) is 24.7 Å². The van der Waals surface area contributed by atoms with E-state index in [1.165, 1.54) is 16.3 Å². The molecule has 0 N–H and O–H groups in total. The average molecular weight is 286 g/mol. The van der Waals surface area contributed by atoms with Gasteiger partial charge in [-0.1, -0.05) is 30.3 Å². The zero-order chi connectivity index (χ0) is 15.4. The van der Waals surface area contributed by atoms with Gasteiger partial charge in [0.25, 0.3) is 0 Å². The van der Waals surface area contributed by atoms with Gasteiger partial charge in [-0.25, -0.2) is 0 Å². The molecule has 0 aliphatic carbocycles. The third kappa shape index (κ3) is 3.12. The number of aliphatic imine (C=N–C) groups is 2. The van der Waals surface area contributed by atoms with Gasteiger partial charge in [0.05, 0.1) is 11.4 Å². The summed E-state index contributed by atoms with van der Waals surface area (Å²) in [4.78, 5) is 8.81. The molecule has 0 saturated carbocycles. The quantitative estimate of drug-likeness (QED) is 0.558. The van der Waals surface area contributed by atoms with Crippen LogP contribution in [0.3, 0.4) is 0 Å². The average Bonchev–Trinajstić information content (AvgIpc) is 2.54. The molecule has 0 amide bonds. The standard InChI is InChI=1S/C20H18N2/c1-3-21-19-8-10-20(11-9-19)22-14-18-13-17-7-5-4-6-16(17)12-15(18)2/h3-14H,1-2H3. The summed E-state index contributed by atoms with van der Waals surface area (Å²) in [6.45, 7) is 4.03. The van der Waals surface area contributed by atoms with Crippen molar-refractivity contribution in [2.75, 3.05) is 0 Å². The molecule has 0 spiro atoms. The van der Waals surface area contributed by atoms with E-state index in [1.807, 2.05) is 37.4 Å². The molecule has 0 heterocycles. The van der Waals surface area contributed by atoms with Crippen molar-refractivity contribution in [3.63, 3.8) is 0 Å². The summed E-state index contributed by atoms with van der Waals surface area (Å²) in [6.07, 6.45) is 3.72. The number of hydrogen-bond donors (Lipinski definition) is 0. The Balaban J connectivity index is 1.90. The number of rotatable bonds is 3. The highest BCUT2D eigenvalue weighted by Gasteiger charge is 1.99. The third-order valence-corrected chi connectivity index (χ3v) is 3.61. The lowest BCUT2D eigenvalue weighted by molar-refractivity contribution is 1.45. The minimum atomic E-state index is 0.933. The van der Waals surface area contributed by atoms with E-state index < -0.39 is 0 Å². The first-order valence-electron chi connectivity index (χ1n) is 7.38. The van der Waals surface area contributed by atoms with E-state index in [0.717, 1.165) is 16.9 Å². The monoisotopic (exact) mass is 286 g/mol. The molecule has 2 nitrogen and oxygen atoms in total. The first-order valence-corrected chi connectivity index (χ1v) is 7.38. The number of hydrogen-bond acceptors (Lipinski definition) is 2. The van der Waals surface area contributed by atoms with Gasteiger partial charge in [0.2, 0.25) is 0 Å². The van der Waals surface area contributed by atoms with E-state index in [1.54, 1.807) is 6.21 Å². The molecule has 0 bridgehead atoms. The molecular formula is C20H18N2. The van der Waals surface area contributed by atoms with Crippen molar-refractivity contribution >= 4 is 34.6 Å². The van der Waals surface area contributed by atoms with Crippen LogP contribution >= 0.6 is 0 Å². The first kappa shape index (κ1) is 14.2. The highest BCUT2D eigenvalue weighted by Crippen LogP contribution is 2.21. The minimum absolute atomic E-state index is 0.933. The van der Waals surface area contributed by atoms with E-state index in [2.05, 4.69) is 53.3 Å². The van der Waals surface area contributed by atoms with Crippen LogP contribution in [0.15, 0.2) is 70.6 Å². The van der Waals surface area contributed by atoms with E-state index in [4.69, 9.17) is 0 Å². The van der Waals surface area contributed by atoms with Crippen molar-refractivity contribution in [1.29, 1.82) is 0 Å². The molecule has 3 rings (SSSR count). The van der Waals surface area contributed by atoms with Crippen LogP contribution in [0.4, 0.5) is 11.4 Å². The van der Waals surface area contributed by atoms with Gasteiger partial charge < -0.3 is 0 Å². The van der Waals surface area contributed by atoms with Crippen molar-refractivity contribution < 1.29 is 0 Å². The van der Waals surface area contributed by atoms with Crippen LogP contribution in [-0.4, -0.2) is 12.4 Å². The van der Waals surface area contributed by atoms with Gasteiger partial charge in [0.15, 0.2) is 0 Å². The Morgan fingerprint density at radius 2 is 1.36 bits per heavy atom. The van der Waals surface area contributed by atoms with E-state index in [0.29, 0.717) is 0 Å². The molecule has 108 valence electrons. The largest absolute Gasteiger partial charge is 0.262 e. The van der Waals surface area contributed by atoms with Gasteiger partial charge >= 0.3 is 0 Å². The Bertz CT molecular complexity index is 843. The number of nitrogens with zero attached hydrogens (tertiary/aromatic N) is 2. The second-order valence-electron chi connectivity index (χ2n) is 5.22. The van der Waals surface area contributed by atoms with Crippen LogP contribution in [-0.2, 0) is 0 Å². The SMILES string of the molecule is CC=Nc1ccc(N=Cc2cc3ccccc3cc2C)cc1. The Kier molecular flexibility index (Phi) is 4.10. The maximum Gasteiger partial charge on any atom is 0.0631 e. The van der Waals surface area contributed by atoms with Crippen molar-refractivity contribution in [2.24, 2.45) is 9.98 Å². The maximum atomic E-state index is 4.57. The fourth-order valence-corrected chi connectivity index (χ4v) is 2.43. The molecule has 3 aromatic carbocycles. The molecule has 0 fully saturated rings. The lowest BCUT2D eigenvalue weighted by atomic mass is 10.0. The van der Waals surface area contributed by atoms with Crippen molar-refractivity contribution in [1.82, 2.24) is 0 Å². The molecular weight excluding hydrogens is 268 g/mol. The fourth-order valence-electron chi connectivity index (χ4n) is 2.43. The molecule has 0 atom stereocenters. The summed E-state index contributed by atoms with van der Waals surface area (Å²) in [6, 6.07) is 20.7. The Morgan fingerprint density at radius 1 is 0.773 bits per heavy atom. The van der Waals surface area contributed by atoms with Gasteiger partial charge in [-0.15, -0.1) is 0 Å². The molecule has 0 unspecified atom stereocenters. The Morgan fingerprint density at radius 3 is 2.00 bits per heavy atom. The molecule has 0 aliphatic rings. The van der Waals surface area contributed by atoms with E-state index >= 15 is 0 Å². The van der Waals surface area contributed by atoms with Gasteiger partial charge in [0, 0.05) is 12.4 Å². The van der Waals surface area contributed by atoms with Gasteiger partial charge in [-0.2, -0.15) is 0 Å². The zero-order valence-corrected chi connectivity index (χ0v) is 12.8. The van der Waals surface area contributed by atoms with Crippen LogP contribution in [0.5, 0.6) is 0 Å².